The van der Waals surface area contributed by atoms with Gasteiger partial charge in [0.15, 0.2) is 46.6 Å². The average Bonchev–Trinajstić information content (AvgIpc) is 3.92. The van der Waals surface area contributed by atoms with Crippen LogP contribution in [0.15, 0.2) is 255 Å². The highest BCUT2D eigenvalue weighted by Crippen LogP contribution is 2.41. The van der Waals surface area contributed by atoms with Crippen molar-refractivity contribution in [3.63, 3.8) is 0 Å². The minimum atomic E-state index is 0.389. The minimum Gasteiger partial charge on any atom is -0.308 e. The van der Waals surface area contributed by atoms with E-state index in [-0.39, 0.29) is 0 Å². The Balaban J connectivity index is 0.992. The lowest BCUT2D eigenvalue weighted by Crippen LogP contribution is -2.08. The Labute approximate surface area is 469 Å². The Morgan fingerprint density at radius 3 is 0.988 bits per heavy atom. The zero-order valence-electron chi connectivity index (χ0n) is 43.6. The van der Waals surface area contributed by atoms with Gasteiger partial charge in [-0.1, -0.05) is 188 Å². The van der Waals surface area contributed by atoms with Crippen LogP contribution in [0.5, 0.6) is 0 Å². The van der Waals surface area contributed by atoms with Crippen molar-refractivity contribution in [1.82, 2.24) is 54.0 Å². The molecule has 0 fully saturated rings. The molecule has 0 spiro atoms. The Morgan fingerprint density at radius 1 is 0.256 bits per heavy atom. The maximum Gasteiger partial charge on any atom is 0.238 e. The normalized spacial score (nSPS) is 11.4. The van der Waals surface area contributed by atoms with Crippen LogP contribution in [0.3, 0.4) is 0 Å². The molecule has 0 atom stereocenters. The van der Waals surface area contributed by atoms with Crippen molar-refractivity contribution >= 4 is 43.6 Å². The highest BCUT2D eigenvalue weighted by Gasteiger charge is 2.24. The summed E-state index contributed by atoms with van der Waals surface area (Å²) in [5.74, 6) is 4.57. The number of fused-ring (bicyclic) bond motifs is 6. The SMILES string of the molecule is N#Cc1ccc(-n2c3ccc(-c4nc(-c5ccccc5)nc(-c5ccccc5)n4)cc3c3cc(-c4nc(-c5ccccc5)nc(-c5ccccc5)n4)ccc32)c(-c2nc(-c3ccccc3)nc(-n3c4ccccc4c4ccccc43)n2)c1. The molecule has 0 aliphatic heterocycles. The third-order valence-electron chi connectivity index (χ3n) is 14.7. The van der Waals surface area contributed by atoms with Gasteiger partial charge in [0, 0.05) is 66.1 Å². The van der Waals surface area contributed by atoms with Crippen molar-refractivity contribution in [2.24, 2.45) is 0 Å². The van der Waals surface area contributed by atoms with Gasteiger partial charge in [0.05, 0.1) is 39.4 Å². The average molecular weight is 1050 g/mol. The van der Waals surface area contributed by atoms with Crippen LogP contribution < -0.4 is 0 Å². The fourth-order valence-electron chi connectivity index (χ4n) is 10.9. The molecule has 15 rings (SSSR count). The van der Waals surface area contributed by atoms with Gasteiger partial charge in [0.2, 0.25) is 5.95 Å². The second kappa shape index (κ2) is 20.0. The van der Waals surface area contributed by atoms with Gasteiger partial charge in [-0.05, 0) is 66.7 Å². The molecule has 12 nitrogen and oxygen atoms in total. The van der Waals surface area contributed by atoms with Gasteiger partial charge in [-0.25, -0.2) is 34.9 Å². The molecule has 5 aromatic heterocycles. The van der Waals surface area contributed by atoms with Gasteiger partial charge in [0.25, 0.3) is 0 Å². The molecule has 0 saturated heterocycles. The molecule has 0 radical (unpaired) electrons. The van der Waals surface area contributed by atoms with E-state index in [0.717, 1.165) is 88.2 Å². The first-order valence-electron chi connectivity index (χ1n) is 26.8. The van der Waals surface area contributed by atoms with Crippen molar-refractivity contribution in [2.45, 2.75) is 0 Å². The number of nitrogens with zero attached hydrogens (tertiary/aromatic N) is 12. The second-order valence-corrected chi connectivity index (χ2v) is 19.7. The summed E-state index contributed by atoms with van der Waals surface area (Å²) in [6.07, 6.45) is 0. The third kappa shape index (κ3) is 8.46. The number of hydrogen-bond acceptors (Lipinski definition) is 10. The molecule has 0 aliphatic carbocycles. The van der Waals surface area contributed by atoms with Crippen LogP contribution in [0.1, 0.15) is 5.56 Å². The van der Waals surface area contributed by atoms with E-state index in [4.69, 9.17) is 44.9 Å². The monoisotopic (exact) mass is 1050 g/mol. The van der Waals surface area contributed by atoms with Gasteiger partial charge < -0.3 is 4.57 Å². The fourth-order valence-corrected chi connectivity index (χ4v) is 10.9. The van der Waals surface area contributed by atoms with E-state index in [1.807, 2.05) is 194 Å². The van der Waals surface area contributed by atoms with Gasteiger partial charge in [0.1, 0.15) is 0 Å². The highest BCUT2D eigenvalue weighted by molar-refractivity contribution is 6.12. The van der Waals surface area contributed by atoms with E-state index in [0.29, 0.717) is 63.7 Å². The molecular weight excluding hydrogens is 1010 g/mol. The Kier molecular flexibility index (Phi) is 11.6. The topological polar surface area (TPSA) is 150 Å². The lowest BCUT2D eigenvalue weighted by atomic mass is 10.1. The number of aromatic nitrogens is 11. The largest absolute Gasteiger partial charge is 0.308 e. The molecule has 382 valence electrons. The molecule has 82 heavy (non-hydrogen) atoms. The van der Waals surface area contributed by atoms with Gasteiger partial charge in [-0.15, -0.1) is 0 Å². The minimum absolute atomic E-state index is 0.389. The number of benzene rings is 10. The highest BCUT2D eigenvalue weighted by atomic mass is 15.2. The summed E-state index contributed by atoms with van der Waals surface area (Å²) in [7, 11) is 0. The maximum atomic E-state index is 10.6. The summed E-state index contributed by atoms with van der Waals surface area (Å²) in [5.41, 5.74) is 11.3. The van der Waals surface area contributed by atoms with Gasteiger partial charge >= 0.3 is 0 Å². The zero-order valence-corrected chi connectivity index (χ0v) is 43.6. The molecule has 12 heteroatoms. The van der Waals surface area contributed by atoms with Crippen LogP contribution in [0, 0.1) is 11.3 Å². The fraction of sp³-hybridized carbons (Fsp3) is 0. The predicted molar refractivity (Wildman–Crippen MR) is 323 cm³/mol. The van der Waals surface area contributed by atoms with Crippen LogP contribution >= 0.6 is 0 Å². The lowest BCUT2D eigenvalue weighted by Gasteiger charge is -2.16. The Morgan fingerprint density at radius 2 is 0.585 bits per heavy atom. The Bertz CT molecular complexity index is 4630. The number of para-hydroxylation sites is 2. The molecule has 0 amide bonds. The van der Waals surface area contributed by atoms with Crippen LogP contribution in [0.25, 0.3) is 146 Å². The number of hydrogen-bond donors (Lipinski definition) is 0. The molecule has 0 unspecified atom stereocenters. The van der Waals surface area contributed by atoms with Crippen LogP contribution in [-0.4, -0.2) is 54.0 Å². The van der Waals surface area contributed by atoms with Crippen molar-refractivity contribution in [3.05, 3.63) is 260 Å². The summed E-state index contributed by atoms with van der Waals surface area (Å²) in [4.78, 5) is 46.5. The lowest BCUT2D eigenvalue weighted by molar-refractivity contribution is 0.951. The summed E-state index contributed by atoms with van der Waals surface area (Å²) in [6.45, 7) is 0. The molecule has 0 aliphatic rings. The first-order valence-corrected chi connectivity index (χ1v) is 26.8. The molecule has 0 saturated carbocycles. The summed E-state index contributed by atoms with van der Waals surface area (Å²) in [6, 6.07) is 87.1. The van der Waals surface area contributed by atoms with Gasteiger partial charge in [-0.2, -0.15) is 15.2 Å². The standard InChI is InChI=1S/C70H42N12/c71-43-44-34-37-61(56(40-44)69-78-66(49-28-14-5-15-29-49)79-70(80-69)82-57-32-18-16-30-52(57)53-31-17-19-33-58(53)82)81-59-38-35-50(67-74-62(45-20-6-1-7-21-45)72-63(75-67)46-22-8-2-9-23-46)41-54(59)55-42-51(36-39-60(55)81)68-76-64(47-24-10-3-11-25-47)73-65(77-68)48-26-12-4-13-27-48/h1-42H. The van der Waals surface area contributed by atoms with E-state index >= 15 is 0 Å². The van der Waals surface area contributed by atoms with Crippen LogP contribution in [0.4, 0.5) is 0 Å². The van der Waals surface area contributed by atoms with E-state index in [9.17, 15) is 5.26 Å². The number of nitriles is 1. The van der Waals surface area contributed by atoms with E-state index < -0.39 is 0 Å². The molecule has 0 bridgehead atoms. The van der Waals surface area contributed by atoms with Crippen molar-refractivity contribution in [3.8, 4) is 109 Å². The smallest absolute Gasteiger partial charge is 0.238 e. The molecule has 0 N–H and O–H groups in total. The predicted octanol–water partition coefficient (Wildman–Crippen LogP) is 15.6. The van der Waals surface area contributed by atoms with Crippen molar-refractivity contribution in [2.75, 3.05) is 0 Å². The van der Waals surface area contributed by atoms with Gasteiger partial charge in [-0.3, -0.25) is 4.57 Å². The first-order chi connectivity index (χ1) is 40.6. The Hall–Kier alpha value is -11.7. The molecule has 10 aromatic carbocycles. The van der Waals surface area contributed by atoms with E-state index in [2.05, 4.69) is 75.9 Å². The zero-order chi connectivity index (χ0) is 54.5. The van der Waals surface area contributed by atoms with Crippen molar-refractivity contribution < 1.29 is 0 Å². The molecule has 15 aromatic rings. The van der Waals surface area contributed by atoms with Crippen molar-refractivity contribution in [1.29, 1.82) is 5.26 Å². The molecule has 5 heterocycles. The third-order valence-corrected chi connectivity index (χ3v) is 14.7. The van der Waals surface area contributed by atoms with E-state index in [1.165, 1.54) is 0 Å². The number of rotatable bonds is 10. The first kappa shape index (κ1) is 47.5. The summed E-state index contributed by atoms with van der Waals surface area (Å²) < 4.78 is 4.32. The summed E-state index contributed by atoms with van der Waals surface area (Å²) >= 11 is 0. The maximum absolute atomic E-state index is 10.6. The second-order valence-electron chi connectivity index (χ2n) is 19.7. The van der Waals surface area contributed by atoms with Crippen LogP contribution in [-0.2, 0) is 0 Å². The quantitative estimate of drug-likeness (QED) is 0.129. The summed E-state index contributed by atoms with van der Waals surface area (Å²) in [5, 5.41) is 14.6. The molecular formula is C70H42N12. The van der Waals surface area contributed by atoms with Crippen LogP contribution in [0.2, 0.25) is 0 Å². The van der Waals surface area contributed by atoms with E-state index in [1.54, 1.807) is 0 Å².